The molecule has 0 aliphatic carbocycles. The molecular formula is C31H30N2O6. The number of hydrogen-bond acceptors (Lipinski definition) is 7. The molecule has 39 heavy (non-hydrogen) atoms. The van der Waals surface area contributed by atoms with Crippen LogP contribution in [0.4, 0.5) is 0 Å². The molecule has 1 aliphatic heterocycles. The van der Waals surface area contributed by atoms with E-state index in [1.165, 1.54) is 6.26 Å². The Balaban J connectivity index is 1.80. The number of allylic oxidation sites excluding steroid dienone is 2. The smallest absolute Gasteiger partial charge is 0.336 e. The second-order valence-corrected chi connectivity index (χ2v) is 9.36. The number of benzene rings is 2. The van der Waals surface area contributed by atoms with E-state index in [1.54, 1.807) is 27.7 Å². The Morgan fingerprint density at radius 1 is 0.897 bits per heavy atom. The molecule has 1 aliphatic rings. The molecule has 8 heteroatoms. The van der Waals surface area contributed by atoms with Crippen molar-refractivity contribution in [3.8, 4) is 0 Å². The molecule has 3 heterocycles. The minimum absolute atomic E-state index is 0.138. The van der Waals surface area contributed by atoms with Gasteiger partial charge in [0.05, 0.1) is 42.1 Å². The number of esters is 2. The minimum atomic E-state index is -1.03. The van der Waals surface area contributed by atoms with Gasteiger partial charge in [0.2, 0.25) is 5.43 Å². The number of para-hydroxylation sites is 1. The van der Waals surface area contributed by atoms with Crippen LogP contribution in [-0.2, 0) is 25.6 Å². The first-order valence-corrected chi connectivity index (χ1v) is 13.0. The molecule has 5 rings (SSSR count). The fraction of sp³-hybridized carbons (Fsp3) is 0.258. The number of carbonyl (C=O) groups excluding carboxylic acids is 2. The second kappa shape index (κ2) is 10.6. The van der Waals surface area contributed by atoms with Gasteiger partial charge in [-0.3, -0.25) is 4.79 Å². The van der Waals surface area contributed by atoms with Gasteiger partial charge in [0.25, 0.3) is 0 Å². The molecule has 0 atom stereocenters. The van der Waals surface area contributed by atoms with Crippen LogP contribution < -0.4 is 10.7 Å². The Morgan fingerprint density at radius 3 is 2.10 bits per heavy atom. The van der Waals surface area contributed by atoms with E-state index >= 15 is 0 Å². The zero-order chi connectivity index (χ0) is 27.7. The zero-order valence-corrected chi connectivity index (χ0v) is 22.4. The predicted molar refractivity (Wildman–Crippen MR) is 148 cm³/mol. The SMILES string of the molecule is CCOC(=O)C1=C(C)NC(C)=C(C(=O)OCC)C1c1coc2c3ccccc3n(Cc3ccccc3)c2c1=O. The van der Waals surface area contributed by atoms with E-state index in [0.29, 0.717) is 29.0 Å². The Hall–Kier alpha value is -4.59. The summed E-state index contributed by atoms with van der Waals surface area (Å²) < 4.78 is 18.8. The second-order valence-electron chi connectivity index (χ2n) is 9.36. The van der Waals surface area contributed by atoms with Crippen molar-refractivity contribution in [2.45, 2.75) is 40.2 Å². The predicted octanol–water partition coefficient (Wildman–Crippen LogP) is 5.16. The molecule has 0 saturated heterocycles. The fourth-order valence-corrected chi connectivity index (χ4v) is 5.32. The normalized spacial score (nSPS) is 14.2. The van der Waals surface area contributed by atoms with Crippen LogP contribution in [0.15, 0.2) is 92.6 Å². The first-order chi connectivity index (χ1) is 18.9. The Labute approximate surface area is 225 Å². The molecule has 200 valence electrons. The summed E-state index contributed by atoms with van der Waals surface area (Å²) in [5.41, 5.74) is 3.81. The third kappa shape index (κ3) is 4.52. The molecule has 0 amide bonds. The van der Waals surface area contributed by atoms with Crippen LogP contribution in [0.25, 0.3) is 22.0 Å². The summed E-state index contributed by atoms with van der Waals surface area (Å²) >= 11 is 0. The van der Waals surface area contributed by atoms with Crippen molar-refractivity contribution in [1.82, 2.24) is 9.88 Å². The monoisotopic (exact) mass is 526 g/mol. The average Bonchev–Trinajstić information content (AvgIpc) is 3.23. The van der Waals surface area contributed by atoms with E-state index in [-0.39, 0.29) is 35.4 Å². The number of dihydropyridines is 1. The maximum absolute atomic E-state index is 14.4. The molecule has 0 spiro atoms. The van der Waals surface area contributed by atoms with E-state index < -0.39 is 17.9 Å². The minimum Gasteiger partial charge on any atom is -0.463 e. The van der Waals surface area contributed by atoms with Crippen LogP contribution in [0.5, 0.6) is 0 Å². The zero-order valence-electron chi connectivity index (χ0n) is 22.4. The largest absolute Gasteiger partial charge is 0.463 e. The van der Waals surface area contributed by atoms with Crippen LogP contribution >= 0.6 is 0 Å². The van der Waals surface area contributed by atoms with E-state index in [1.807, 2.05) is 59.2 Å². The van der Waals surface area contributed by atoms with E-state index in [2.05, 4.69) is 5.32 Å². The van der Waals surface area contributed by atoms with Gasteiger partial charge >= 0.3 is 11.9 Å². The van der Waals surface area contributed by atoms with Gasteiger partial charge in [0.1, 0.15) is 5.52 Å². The lowest BCUT2D eigenvalue weighted by Gasteiger charge is -2.29. The lowest BCUT2D eigenvalue weighted by atomic mass is 9.81. The summed E-state index contributed by atoms with van der Waals surface area (Å²) in [4.78, 5) is 40.9. The van der Waals surface area contributed by atoms with Crippen molar-refractivity contribution < 1.29 is 23.5 Å². The molecule has 4 aromatic rings. The molecule has 1 N–H and O–H groups in total. The lowest BCUT2D eigenvalue weighted by Crippen LogP contribution is -2.34. The van der Waals surface area contributed by atoms with Crippen LogP contribution in [0.3, 0.4) is 0 Å². The molecule has 0 unspecified atom stereocenters. The standard InChI is InChI=1S/C31H30N2O6/c1-5-37-30(35)24-18(3)32-19(4)25(31(36)38-6-2)26(24)22-17-39-29-21-14-10-11-15-23(21)33(27(29)28(22)34)16-20-12-8-7-9-13-20/h7-15,17,26,32H,5-6,16H2,1-4H3. The van der Waals surface area contributed by atoms with Gasteiger partial charge in [0, 0.05) is 28.9 Å². The Morgan fingerprint density at radius 2 is 1.49 bits per heavy atom. The topological polar surface area (TPSA) is 99.8 Å². The third-order valence-electron chi connectivity index (χ3n) is 6.95. The van der Waals surface area contributed by atoms with Gasteiger partial charge < -0.3 is 23.8 Å². The van der Waals surface area contributed by atoms with Gasteiger partial charge in [-0.2, -0.15) is 0 Å². The van der Waals surface area contributed by atoms with Crippen molar-refractivity contribution in [2.75, 3.05) is 13.2 Å². The number of aromatic nitrogens is 1. The molecule has 0 radical (unpaired) electrons. The summed E-state index contributed by atoms with van der Waals surface area (Å²) in [6.07, 6.45) is 1.36. The molecule has 2 aromatic heterocycles. The van der Waals surface area contributed by atoms with Gasteiger partial charge in [-0.05, 0) is 45.4 Å². The number of rotatable bonds is 7. The highest BCUT2D eigenvalue weighted by atomic mass is 16.5. The van der Waals surface area contributed by atoms with Crippen molar-refractivity contribution in [3.05, 3.63) is 105 Å². The molecule has 0 saturated carbocycles. The van der Waals surface area contributed by atoms with Crippen LogP contribution in [0.1, 0.15) is 44.7 Å². The number of nitrogens with zero attached hydrogens (tertiary/aromatic N) is 1. The maximum Gasteiger partial charge on any atom is 0.336 e. The molecule has 2 aromatic carbocycles. The highest BCUT2D eigenvalue weighted by Crippen LogP contribution is 2.39. The van der Waals surface area contributed by atoms with Gasteiger partial charge in [-0.25, -0.2) is 9.59 Å². The summed E-state index contributed by atoms with van der Waals surface area (Å²) in [5, 5.41) is 3.90. The van der Waals surface area contributed by atoms with Gasteiger partial charge in [-0.1, -0.05) is 42.5 Å². The quantitative estimate of drug-likeness (QED) is 0.332. The highest BCUT2D eigenvalue weighted by molar-refractivity contribution is 6.05. The van der Waals surface area contributed by atoms with Crippen LogP contribution in [0.2, 0.25) is 0 Å². The summed E-state index contributed by atoms with van der Waals surface area (Å²) in [6.45, 7) is 7.56. The fourth-order valence-electron chi connectivity index (χ4n) is 5.32. The first kappa shape index (κ1) is 26.0. The third-order valence-corrected chi connectivity index (χ3v) is 6.95. The Bertz CT molecular complexity index is 1670. The van der Waals surface area contributed by atoms with Gasteiger partial charge in [-0.15, -0.1) is 0 Å². The number of hydrogen-bond donors (Lipinski definition) is 1. The number of carbonyl (C=O) groups is 2. The number of nitrogens with one attached hydrogen (secondary N) is 1. The van der Waals surface area contributed by atoms with E-state index in [0.717, 1.165) is 16.5 Å². The molecule has 8 nitrogen and oxygen atoms in total. The highest BCUT2D eigenvalue weighted by Gasteiger charge is 2.40. The number of fused-ring (bicyclic) bond motifs is 3. The maximum atomic E-state index is 14.4. The summed E-state index contributed by atoms with van der Waals surface area (Å²) in [6, 6.07) is 17.5. The summed E-state index contributed by atoms with van der Waals surface area (Å²) in [5.74, 6) is -2.27. The van der Waals surface area contributed by atoms with E-state index in [9.17, 15) is 14.4 Å². The van der Waals surface area contributed by atoms with Crippen LogP contribution in [0, 0.1) is 0 Å². The van der Waals surface area contributed by atoms with Gasteiger partial charge in [0.15, 0.2) is 5.58 Å². The van der Waals surface area contributed by atoms with Crippen LogP contribution in [-0.4, -0.2) is 29.7 Å². The summed E-state index contributed by atoms with van der Waals surface area (Å²) in [7, 11) is 0. The van der Waals surface area contributed by atoms with Crippen molar-refractivity contribution >= 4 is 33.9 Å². The van der Waals surface area contributed by atoms with E-state index in [4.69, 9.17) is 13.9 Å². The van der Waals surface area contributed by atoms with Crippen molar-refractivity contribution in [3.63, 3.8) is 0 Å². The average molecular weight is 527 g/mol. The van der Waals surface area contributed by atoms with Crippen molar-refractivity contribution in [1.29, 1.82) is 0 Å². The molecular weight excluding hydrogens is 496 g/mol. The Kier molecular flexibility index (Phi) is 7.11. The first-order valence-electron chi connectivity index (χ1n) is 13.0. The number of ether oxygens (including phenoxy) is 2. The lowest BCUT2D eigenvalue weighted by molar-refractivity contribution is -0.139. The van der Waals surface area contributed by atoms with Crippen molar-refractivity contribution in [2.24, 2.45) is 0 Å². The molecule has 0 fully saturated rings. The molecule has 0 bridgehead atoms.